The Morgan fingerprint density at radius 3 is 2.26 bits per heavy atom. The Morgan fingerprint density at radius 1 is 0.895 bits per heavy atom. The molecule has 1 unspecified atom stereocenters. The summed E-state index contributed by atoms with van der Waals surface area (Å²) in [5.41, 5.74) is 1.84. The van der Waals surface area contributed by atoms with Gasteiger partial charge in [-0.05, 0) is 85.5 Å². The molecule has 1 N–H and O–H groups in total. The molecule has 3 aromatic carbocycles. The van der Waals surface area contributed by atoms with Gasteiger partial charge in [0.2, 0.25) is 15.9 Å². The highest BCUT2D eigenvalue weighted by Crippen LogP contribution is 2.35. The van der Waals surface area contributed by atoms with Crippen LogP contribution >= 0.6 is 27.5 Å². The van der Waals surface area contributed by atoms with Gasteiger partial charge in [0.25, 0.3) is 10.0 Å². The number of carbonyl (C=O) groups excluding carboxylic acids is 1. The Kier molecular flexibility index (Phi) is 7.58. The van der Waals surface area contributed by atoms with Crippen LogP contribution in [0.4, 0.5) is 11.4 Å². The van der Waals surface area contributed by atoms with E-state index in [4.69, 9.17) is 11.6 Å². The molecule has 2 aliphatic heterocycles. The maximum atomic E-state index is 13.3. The lowest BCUT2D eigenvalue weighted by atomic mass is 9.98. The fourth-order valence-electron chi connectivity index (χ4n) is 4.79. The van der Waals surface area contributed by atoms with Gasteiger partial charge in [0.15, 0.2) is 0 Å². The molecule has 2 heterocycles. The smallest absolute Gasteiger partial charge is 0.264 e. The number of rotatable bonds is 6. The summed E-state index contributed by atoms with van der Waals surface area (Å²) in [6.07, 6.45) is 1.67. The standard InChI is InChI=1S/C26H25BrClN3O5S2/c27-20-4-9-23(10-5-20)37(33,34)30-14-1-2-19(17-30)26(32)29-22-8-3-18-13-15-31(25(18)16-22)38(35,36)24-11-6-21(28)7-12-24/h3-12,16,19H,1-2,13-15,17H2,(H,29,32). The van der Waals surface area contributed by atoms with E-state index in [1.807, 2.05) is 6.07 Å². The van der Waals surface area contributed by atoms with Gasteiger partial charge in [-0.3, -0.25) is 9.10 Å². The predicted molar refractivity (Wildman–Crippen MR) is 150 cm³/mol. The zero-order chi connectivity index (χ0) is 27.1. The van der Waals surface area contributed by atoms with E-state index in [0.717, 1.165) is 10.0 Å². The summed E-state index contributed by atoms with van der Waals surface area (Å²) in [6, 6.07) is 17.6. The molecular formula is C26H25BrClN3O5S2. The average Bonchev–Trinajstić information content (AvgIpc) is 3.33. The largest absolute Gasteiger partial charge is 0.326 e. The van der Waals surface area contributed by atoms with Gasteiger partial charge in [-0.2, -0.15) is 4.31 Å². The predicted octanol–water partition coefficient (Wildman–Crippen LogP) is 4.89. The summed E-state index contributed by atoms with van der Waals surface area (Å²) in [5.74, 6) is -0.832. The Morgan fingerprint density at radius 2 is 1.55 bits per heavy atom. The molecule has 1 atom stereocenters. The zero-order valence-electron chi connectivity index (χ0n) is 20.2. The highest BCUT2D eigenvalue weighted by molar-refractivity contribution is 9.10. The summed E-state index contributed by atoms with van der Waals surface area (Å²) in [7, 11) is -7.53. The molecule has 0 aliphatic carbocycles. The molecule has 3 aromatic rings. The maximum absolute atomic E-state index is 13.3. The highest BCUT2D eigenvalue weighted by Gasteiger charge is 2.34. The molecule has 1 saturated heterocycles. The van der Waals surface area contributed by atoms with Crippen molar-refractivity contribution in [1.29, 1.82) is 0 Å². The first-order valence-electron chi connectivity index (χ1n) is 12.0. The normalized spacial score (nSPS) is 18.3. The lowest BCUT2D eigenvalue weighted by Crippen LogP contribution is -2.43. The van der Waals surface area contributed by atoms with Crippen LogP contribution in [0, 0.1) is 5.92 Å². The summed E-state index contributed by atoms with van der Waals surface area (Å²) in [6.45, 7) is 0.716. The number of hydrogen-bond acceptors (Lipinski definition) is 5. The minimum Gasteiger partial charge on any atom is -0.326 e. The Bertz CT molecular complexity index is 1580. The van der Waals surface area contributed by atoms with Crippen LogP contribution in [0.3, 0.4) is 0 Å². The monoisotopic (exact) mass is 637 g/mol. The van der Waals surface area contributed by atoms with Gasteiger partial charge in [-0.25, -0.2) is 16.8 Å². The minimum absolute atomic E-state index is 0.0756. The fourth-order valence-corrected chi connectivity index (χ4v) is 8.19. The molecule has 0 radical (unpaired) electrons. The maximum Gasteiger partial charge on any atom is 0.264 e. The van der Waals surface area contributed by atoms with Crippen LogP contribution < -0.4 is 9.62 Å². The minimum atomic E-state index is -3.80. The van der Waals surface area contributed by atoms with E-state index in [0.29, 0.717) is 48.7 Å². The first-order chi connectivity index (χ1) is 18.1. The van der Waals surface area contributed by atoms with Gasteiger partial charge in [0, 0.05) is 34.8 Å². The molecule has 8 nitrogen and oxygen atoms in total. The second-order valence-corrected chi connectivity index (χ2v) is 14.4. The number of benzene rings is 3. The van der Waals surface area contributed by atoms with Crippen molar-refractivity contribution in [1.82, 2.24) is 4.31 Å². The molecule has 0 spiro atoms. The van der Waals surface area contributed by atoms with Crippen molar-refractivity contribution < 1.29 is 21.6 Å². The van der Waals surface area contributed by atoms with Crippen LogP contribution in [0.2, 0.25) is 5.02 Å². The van der Waals surface area contributed by atoms with Crippen LogP contribution in [0.1, 0.15) is 18.4 Å². The first-order valence-corrected chi connectivity index (χ1v) is 16.1. The number of sulfonamides is 2. The number of anilines is 2. The number of nitrogens with one attached hydrogen (secondary N) is 1. The van der Waals surface area contributed by atoms with Gasteiger partial charge in [0.1, 0.15) is 0 Å². The van der Waals surface area contributed by atoms with Gasteiger partial charge >= 0.3 is 0 Å². The number of piperidine rings is 1. The Balaban J connectivity index is 1.32. The average molecular weight is 639 g/mol. The number of amides is 1. The van der Waals surface area contributed by atoms with Crippen molar-refractivity contribution in [2.45, 2.75) is 29.1 Å². The van der Waals surface area contributed by atoms with Gasteiger partial charge < -0.3 is 5.32 Å². The quantitative estimate of drug-likeness (QED) is 0.414. The zero-order valence-corrected chi connectivity index (χ0v) is 24.2. The number of fused-ring (bicyclic) bond motifs is 1. The van der Waals surface area contributed by atoms with E-state index in [1.54, 1.807) is 24.3 Å². The SMILES string of the molecule is O=C(Nc1ccc2c(c1)N(S(=O)(=O)c1ccc(Cl)cc1)CC2)C1CCCN(S(=O)(=O)c2ccc(Br)cc2)C1. The lowest BCUT2D eigenvalue weighted by molar-refractivity contribution is -0.120. The van der Waals surface area contributed by atoms with E-state index in [2.05, 4.69) is 21.2 Å². The summed E-state index contributed by atoms with van der Waals surface area (Å²) >= 11 is 9.23. The number of halogens is 2. The van der Waals surface area contributed by atoms with Gasteiger partial charge in [-0.1, -0.05) is 33.6 Å². The van der Waals surface area contributed by atoms with Gasteiger partial charge in [0.05, 0.1) is 21.4 Å². The second-order valence-electron chi connectivity index (χ2n) is 9.27. The summed E-state index contributed by atoms with van der Waals surface area (Å²) < 4.78 is 56.3. The van der Waals surface area contributed by atoms with Crippen LogP contribution in [-0.4, -0.2) is 46.7 Å². The molecule has 2 aliphatic rings. The second kappa shape index (κ2) is 10.6. The Labute approximate surface area is 235 Å². The fraction of sp³-hybridized carbons (Fsp3) is 0.269. The molecule has 38 heavy (non-hydrogen) atoms. The molecule has 0 aromatic heterocycles. The molecule has 200 valence electrons. The van der Waals surface area contributed by atoms with E-state index < -0.39 is 26.0 Å². The van der Waals surface area contributed by atoms with E-state index >= 15 is 0 Å². The van der Waals surface area contributed by atoms with E-state index in [9.17, 15) is 21.6 Å². The number of carbonyl (C=O) groups is 1. The first kappa shape index (κ1) is 27.1. The third-order valence-corrected chi connectivity index (χ3v) is 11.3. The lowest BCUT2D eigenvalue weighted by Gasteiger charge is -2.31. The molecule has 1 fully saturated rings. The molecular weight excluding hydrogens is 614 g/mol. The number of nitrogens with zero attached hydrogens (tertiary/aromatic N) is 2. The van der Waals surface area contributed by atoms with Crippen LogP contribution in [0.15, 0.2) is 81.0 Å². The number of hydrogen-bond donors (Lipinski definition) is 1. The molecule has 12 heteroatoms. The molecule has 1 amide bonds. The Hall–Kier alpha value is -2.44. The molecule has 5 rings (SSSR count). The van der Waals surface area contributed by atoms with Crippen molar-refractivity contribution in [3.05, 3.63) is 81.8 Å². The topological polar surface area (TPSA) is 104 Å². The van der Waals surface area contributed by atoms with E-state index in [1.165, 1.54) is 45.0 Å². The third-order valence-electron chi connectivity index (χ3n) is 6.81. The van der Waals surface area contributed by atoms with Gasteiger partial charge in [-0.15, -0.1) is 0 Å². The van der Waals surface area contributed by atoms with Crippen LogP contribution in [0.25, 0.3) is 0 Å². The van der Waals surface area contributed by atoms with Crippen LogP contribution in [-0.2, 0) is 31.3 Å². The van der Waals surface area contributed by atoms with Crippen molar-refractivity contribution in [3.8, 4) is 0 Å². The van der Waals surface area contributed by atoms with Crippen molar-refractivity contribution >= 4 is 64.9 Å². The molecule has 0 saturated carbocycles. The van der Waals surface area contributed by atoms with Crippen molar-refractivity contribution in [3.63, 3.8) is 0 Å². The van der Waals surface area contributed by atoms with Crippen LogP contribution in [0.5, 0.6) is 0 Å². The van der Waals surface area contributed by atoms with E-state index in [-0.39, 0.29) is 22.2 Å². The highest BCUT2D eigenvalue weighted by atomic mass is 79.9. The molecule has 0 bridgehead atoms. The third kappa shape index (κ3) is 5.35. The van der Waals surface area contributed by atoms with Crippen molar-refractivity contribution in [2.75, 3.05) is 29.3 Å². The summed E-state index contributed by atoms with van der Waals surface area (Å²) in [4.78, 5) is 13.5. The summed E-state index contributed by atoms with van der Waals surface area (Å²) in [5, 5.41) is 3.32. The van der Waals surface area contributed by atoms with Crippen molar-refractivity contribution in [2.24, 2.45) is 5.92 Å².